The van der Waals surface area contributed by atoms with Gasteiger partial charge in [-0.25, -0.2) is 0 Å². The van der Waals surface area contributed by atoms with E-state index in [4.69, 9.17) is 14.2 Å². The first-order valence-electron chi connectivity index (χ1n) is 11.7. The van der Waals surface area contributed by atoms with Gasteiger partial charge in [0.05, 0.1) is 26.4 Å². The van der Waals surface area contributed by atoms with Crippen molar-refractivity contribution in [2.24, 2.45) is 17.8 Å². The summed E-state index contributed by atoms with van der Waals surface area (Å²) in [6.07, 6.45) is 10.7. The second-order valence-electron chi connectivity index (χ2n) is 8.35. The molecule has 3 aliphatic rings. The van der Waals surface area contributed by atoms with E-state index in [1.54, 1.807) is 0 Å². The third kappa shape index (κ3) is 6.70. The van der Waals surface area contributed by atoms with Gasteiger partial charge in [-0.05, 0) is 62.7 Å². The minimum atomic E-state index is -0.902. The third-order valence-electron chi connectivity index (χ3n) is 6.58. The maximum Gasteiger partial charge on any atom is 0.199 e. The van der Waals surface area contributed by atoms with Crippen LogP contribution in [0.1, 0.15) is 85.0 Å². The molecule has 29 heavy (non-hydrogen) atoms. The summed E-state index contributed by atoms with van der Waals surface area (Å²) in [4.78, 5) is 0. The lowest BCUT2D eigenvalue weighted by Gasteiger charge is -2.38. The molecule has 1 aliphatic heterocycles. The largest absolute Gasteiger partial charge is 0.498 e. The Morgan fingerprint density at radius 3 is 2.10 bits per heavy atom. The Morgan fingerprint density at radius 2 is 1.52 bits per heavy atom. The van der Waals surface area contributed by atoms with Crippen molar-refractivity contribution in [2.45, 2.75) is 91.1 Å². The molecule has 3 nitrogen and oxygen atoms in total. The van der Waals surface area contributed by atoms with E-state index in [0.717, 1.165) is 25.4 Å². The van der Waals surface area contributed by atoms with E-state index in [2.05, 4.69) is 6.92 Å². The fourth-order valence-electron chi connectivity index (χ4n) is 4.81. The van der Waals surface area contributed by atoms with Gasteiger partial charge < -0.3 is 14.2 Å². The Hall–Kier alpha value is -1.10. The van der Waals surface area contributed by atoms with Crippen LogP contribution in [0.2, 0.25) is 0 Å². The average Bonchev–Trinajstić information content (AvgIpc) is 2.77. The van der Waals surface area contributed by atoms with Crippen LogP contribution in [0.15, 0.2) is 23.2 Å². The lowest BCUT2D eigenvalue weighted by molar-refractivity contribution is -0.0434. The molecule has 2 aliphatic carbocycles. The molecular formula is C24H40F2O3. The molecule has 3 rings (SSSR count). The zero-order chi connectivity index (χ0) is 21.2. The van der Waals surface area contributed by atoms with Crippen LogP contribution in [0.4, 0.5) is 8.78 Å². The van der Waals surface area contributed by atoms with Crippen molar-refractivity contribution in [3.8, 4) is 0 Å². The monoisotopic (exact) mass is 414 g/mol. The van der Waals surface area contributed by atoms with Crippen molar-refractivity contribution in [3.05, 3.63) is 23.2 Å². The van der Waals surface area contributed by atoms with Crippen molar-refractivity contribution in [3.63, 3.8) is 0 Å². The van der Waals surface area contributed by atoms with E-state index >= 15 is 0 Å². The topological polar surface area (TPSA) is 27.7 Å². The van der Waals surface area contributed by atoms with E-state index in [9.17, 15) is 8.78 Å². The molecule has 0 radical (unpaired) electrons. The van der Waals surface area contributed by atoms with Crippen LogP contribution in [0.3, 0.4) is 0 Å². The van der Waals surface area contributed by atoms with Crippen molar-refractivity contribution in [1.29, 1.82) is 0 Å². The van der Waals surface area contributed by atoms with E-state index in [1.807, 2.05) is 13.8 Å². The normalized spacial score (nSPS) is 30.6. The van der Waals surface area contributed by atoms with Gasteiger partial charge in [-0.1, -0.05) is 27.2 Å². The van der Waals surface area contributed by atoms with Crippen molar-refractivity contribution in [1.82, 2.24) is 0 Å². The SMILES string of the molecule is CC.CCCC1CCC(C2CCC(COC3=C(F)C(F)=C(OC)CC3)CC2)CO1. The zero-order valence-corrected chi connectivity index (χ0v) is 18.8. The van der Waals surface area contributed by atoms with Gasteiger partial charge in [0, 0.05) is 12.8 Å². The van der Waals surface area contributed by atoms with Gasteiger partial charge >= 0.3 is 0 Å². The molecule has 0 aromatic rings. The number of methoxy groups -OCH3 is 1. The van der Waals surface area contributed by atoms with Crippen molar-refractivity contribution in [2.75, 3.05) is 20.3 Å². The van der Waals surface area contributed by atoms with E-state index in [1.165, 1.54) is 45.6 Å². The average molecular weight is 415 g/mol. The fourth-order valence-corrected chi connectivity index (χ4v) is 4.81. The summed E-state index contributed by atoms with van der Waals surface area (Å²) in [5.41, 5.74) is 0. The van der Waals surface area contributed by atoms with E-state index in [0.29, 0.717) is 37.4 Å². The lowest BCUT2D eigenvalue weighted by atomic mass is 9.74. The molecule has 1 saturated heterocycles. The van der Waals surface area contributed by atoms with Gasteiger partial charge in [-0.3, -0.25) is 0 Å². The first kappa shape index (κ1) is 24.2. The van der Waals surface area contributed by atoms with Crippen LogP contribution in [0.5, 0.6) is 0 Å². The Balaban J connectivity index is 0.00000145. The molecule has 2 fully saturated rings. The molecule has 0 aromatic carbocycles. The summed E-state index contributed by atoms with van der Waals surface area (Å²) in [6, 6.07) is 0. The van der Waals surface area contributed by atoms with Gasteiger partial charge in [0.1, 0.15) is 11.5 Å². The number of rotatable bonds is 7. The number of ether oxygens (including phenoxy) is 3. The van der Waals surface area contributed by atoms with Crippen LogP contribution in [0.25, 0.3) is 0 Å². The number of halogens is 2. The molecule has 2 unspecified atom stereocenters. The fraction of sp³-hybridized carbons (Fsp3) is 0.833. The summed E-state index contributed by atoms with van der Waals surface area (Å²) in [6.45, 7) is 7.63. The smallest absolute Gasteiger partial charge is 0.199 e. The highest BCUT2D eigenvalue weighted by molar-refractivity contribution is 5.29. The molecule has 0 bridgehead atoms. The molecule has 2 atom stereocenters. The highest BCUT2D eigenvalue weighted by Crippen LogP contribution is 2.39. The molecule has 0 amide bonds. The summed E-state index contributed by atoms with van der Waals surface area (Å²) < 4.78 is 44.5. The summed E-state index contributed by atoms with van der Waals surface area (Å²) >= 11 is 0. The van der Waals surface area contributed by atoms with Gasteiger partial charge in [-0.15, -0.1) is 0 Å². The summed E-state index contributed by atoms with van der Waals surface area (Å²) in [7, 11) is 1.37. The van der Waals surface area contributed by atoms with Crippen LogP contribution >= 0.6 is 0 Å². The Labute approximate surface area is 175 Å². The first-order chi connectivity index (χ1) is 14.1. The first-order valence-corrected chi connectivity index (χ1v) is 11.7. The van der Waals surface area contributed by atoms with Crippen LogP contribution in [0, 0.1) is 17.8 Å². The van der Waals surface area contributed by atoms with E-state index < -0.39 is 11.7 Å². The van der Waals surface area contributed by atoms with Crippen LogP contribution < -0.4 is 0 Å². The zero-order valence-electron chi connectivity index (χ0n) is 18.8. The maximum absolute atomic E-state index is 14.1. The molecule has 1 heterocycles. The molecule has 0 aromatic heterocycles. The Morgan fingerprint density at radius 1 is 0.897 bits per heavy atom. The molecule has 1 saturated carbocycles. The molecule has 0 spiro atoms. The second kappa shape index (κ2) is 12.6. The highest BCUT2D eigenvalue weighted by atomic mass is 19.2. The summed E-state index contributed by atoms with van der Waals surface area (Å²) in [5.74, 6) is 0.335. The Kier molecular flexibility index (Phi) is 10.5. The maximum atomic E-state index is 14.1. The minimum Gasteiger partial charge on any atom is -0.498 e. The molecule has 5 heteroatoms. The Bertz CT molecular complexity index is 542. The second-order valence-corrected chi connectivity index (χ2v) is 8.35. The summed E-state index contributed by atoms with van der Waals surface area (Å²) in [5, 5.41) is 0. The van der Waals surface area contributed by atoms with Gasteiger partial charge in [0.15, 0.2) is 11.7 Å². The van der Waals surface area contributed by atoms with Gasteiger partial charge in [0.2, 0.25) is 0 Å². The van der Waals surface area contributed by atoms with Crippen LogP contribution in [-0.4, -0.2) is 26.4 Å². The predicted octanol–water partition coefficient (Wildman–Crippen LogP) is 7.23. The van der Waals surface area contributed by atoms with Crippen molar-refractivity contribution < 1.29 is 23.0 Å². The minimum absolute atomic E-state index is 0.0798. The lowest BCUT2D eigenvalue weighted by Crippen LogP contribution is -2.33. The number of allylic oxidation sites excluding steroid dienone is 4. The molecular weight excluding hydrogens is 374 g/mol. The predicted molar refractivity (Wildman–Crippen MR) is 113 cm³/mol. The highest BCUT2D eigenvalue weighted by Gasteiger charge is 2.32. The molecule has 0 N–H and O–H groups in total. The van der Waals surface area contributed by atoms with Gasteiger partial charge in [0.25, 0.3) is 0 Å². The van der Waals surface area contributed by atoms with Crippen LogP contribution in [-0.2, 0) is 14.2 Å². The quantitative estimate of drug-likeness (QED) is 0.440. The third-order valence-corrected chi connectivity index (χ3v) is 6.58. The van der Waals surface area contributed by atoms with E-state index in [-0.39, 0.29) is 11.5 Å². The van der Waals surface area contributed by atoms with Gasteiger partial charge in [-0.2, -0.15) is 8.78 Å². The standard InChI is InChI=1S/C22H34F2O3.C2H6/c1-3-4-18-10-9-17(14-26-18)16-7-5-15(6-8-16)13-27-20-12-11-19(25-2)21(23)22(20)24;1-2/h15-18H,3-14H2,1-2H3;1-2H3. The number of hydrogen-bond acceptors (Lipinski definition) is 3. The molecule has 168 valence electrons. The van der Waals surface area contributed by atoms with Crippen molar-refractivity contribution >= 4 is 0 Å². The number of hydrogen-bond donors (Lipinski definition) is 0.